The monoisotopic (exact) mass is 276 g/mol. The summed E-state index contributed by atoms with van der Waals surface area (Å²) >= 11 is 0. The second-order valence-corrected chi connectivity index (χ2v) is 5.53. The van der Waals surface area contributed by atoms with Gasteiger partial charge < -0.3 is 10.6 Å². The Morgan fingerprint density at radius 2 is 2.30 bits per heavy atom. The van der Waals surface area contributed by atoms with Gasteiger partial charge in [0.15, 0.2) is 0 Å². The first kappa shape index (κ1) is 14.8. The zero-order valence-electron chi connectivity index (χ0n) is 12.0. The maximum atomic E-state index is 9.14. The third-order valence-corrected chi connectivity index (χ3v) is 4.21. The van der Waals surface area contributed by atoms with E-state index in [9.17, 15) is 0 Å². The third kappa shape index (κ3) is 3.29. The minimum Gasteiger partial charge on any atom is -0.384 e. The van der Waals surface area contributed by atoms with Crippen LogP contribution in [0, 0.1) is 5.41 Å². The van der Waals surface area contributed by atoms with E-state index in [-0.39, 0.29) is 5.84 Å². The predicted octanol–water partition coefficient (Wildman–Crippen LogP) is 2.19. The van der Waals surface area contributed by atoms with Crippen LogP contribution in [0.5, 0.6) is 0 Å². The van der Waals surface area contributed by atoms with Crippen molar-refractivity contribution in [1.29, 1.82) is 5.41 Å². The highest BCUT2D eigenvalue weighted by Crippen LogP contribution is 2.24. The second-order valence-electron chi connectivity index (χ2n) is 5.53. The van der Waals surface area contributed by atoms with Gasteiger partial charge in [-0.1, -0.05) is 18.6 Å². The van der Waals surface area contributed by atoms with Gasteiger partial charge in [0.25, 0.3) is 0 Å². The number of amidine groups is 1. The molecule has 1 aliphatic heterocycles. The van der Waals surface area contributed by atoms with Crippen LogP contribution in [0.4, 0.5) is 5.69 Å². The molecule has 110 valence electrons. The summed E-state index contributed by atoms with van der Waals surface area (Å²) in [6, 6.07) is 6.20. The molecule has 20 heavy (non-hydrogen) atoms. The highest BCUT2D eigenvalue weighted by Gasteiger charge is 2.19. The number of anilines is 1. The first-order chi connectivity index (χ1) is 9.63. The van der Waals surface area contributed by atoms with Gasteiger partial charge in [0, 0.05) is 11.6 Å². The van der Waals surface area contributed by atoms with Crippen LogP contribution in [0.2, 0.25) is 0 Å². The molecule has 0 spiro atoms. The van der Waals surface area contributed by atoms with E-state index in [1.807, 2.05) is 12.1 Å². The number of piperidine rings is 1. The molecule has 5 nitrogen and oxygen atoms in total. The molecule has 1 atom stereocenters. The molecule has 1 heterocycles. The van der Waals surface area contributed by atoms with Crippen LogP contribution in [0.3, 0.4) is 0 Å². The van der Waals surface area contributed by atoms with Crippen molar-refractivity contribution in [3.8, 4) is 0 Å². The third-order valence-electron chi connectivity index (χ3n) is 4.21. The molecular formula is C15H24N4O. The van der Waals surface area contributed by atoms with Crippen LogP contribution < -0.4 is 11.2 Å². The van der Waals surface area contributed by atoms with Gasteiger partial charge in [-0.25, -0.2) is 0 Å². The van der Waals surface area contributed by atoms with E-state index < -0.39 is 0 Å². The van der Waals surface area contributed by atoms with Gasteiger partial charge in [0.05, 0.1) is 5.69 Å². The topological polar surface area (TPSA) is 85.4 Å². The summed E-state index contributed by atoms with van der Waals surface area (Å²) in [4.78, 5) is 2.42. The van der Waals surface area contributed by atoms with E-state index in [1.165, 1.54) is 25.8 Å². The number of nitrogen functional groups attached to an aromatic ring is 1. The van der Waals surface area contributed by atoms with Crippen LogP contribution in [-0.4, -0.2) is 35.6 Å². The van der Waals surface area contributed by atoms with Crippen molar-refractivity contribution in [3.63, 3.8) is 0 Å². The van der Waals surface area contributed by atoms with E-state index in [0.29, 0.717) is 17.3 Å². The highest BCUT2D eigenvalue weighted by molar-refractivity contribution is 6.01. The quantitative estimate of drug-likeness (QED) is 0.377. The van der Waals surface area contributed by atoms with E-state index in [4.69, 9.17) is 16.4 Å². The first-order valence-corrected chi connectivity index (χ1v) is 7.20. The van der Waals surface area contributed by atoms with Crippen molar-refractivity contribution in [1.82, 2.24) is 4.90 Å². The molecule has 0 aliphatic carbocycles. The van der Waals surface area contributed by atoms with E-state index in [0.717, 1.165) is 18.4 Å². The standard InChI is InChI=1S/C15H24N4O/c1-19-10-3-2-6-12(19)9-8-11-5-4-7-13(18-20)14(11)15(16)17/h4-5,7,12,18,20H,2-3,6,8-10H2,1H3,(H3,16,17). The Balaban J connectivity index is 2.10. The molecule has 0 bridgehead atoms. The molecule has 1 aliphatic rings. The number of aryl methyl sites for hydroxylation is 1. The lowest BCUT2D eigenvalue weighted by Gasteiger charge is -2.32. The van der Waals surface area contributed by atoms with Gasteiger partial charge in [-0.05, 0) is 50.9 Å². The molecule has 1 aromatic carbocycles. The number of hydrogen-bond donors (Lipinski definition) is 4. The summed E-state index contributed by atoms with van der Waals surface area (Å²) in [5, 5.41) is 16.8. The lowest BCUT2D eigenvalue weighted by atomic mass is 9.93. The zero-order chi connectivity index (χ0) is 14.5. The fourth-order valence-electron chi connectivity index (χ4n) is 3.05. The number of hydrogen-bond acceptors (Lipinski definition) is 4. The SMILES string of the molecule is CN1CCCCC1CCc1cccc(NO)c1C(=N)N. The molecule has 1 aromatic rings. The molecule has 0 saturated carbocycles. The molecule has 5 N–H and O–H groups in total. The summed E-state index contributed by atoms with van der Waals surface area (Å²) in [6.07, 6.45) is 5.76. The molecule has 1 fully saturated rings. The molecule has 5 heteroatoms. The molecule has 1 saturated heterocycles. The summed E-state index contributed by atoms with van der Waals surface area (Å²) in [6.45, 7) is 1.17. The Morgan fingerprint density at radius 1 is 1.50 bits per heavy atom. The normalized spacial score (nSPS) is 19.8. The lowest BCUT2D eigenvalue weighted by Crippen LogP contribution is -2.36. The first-order valence-electron chi connectivity index (χ1n) is 7.20. The van der Waals surface area contributed by atoms with Crippen molar-refractivity contribution >= 4 is 11.5 Å². The number of nitrogens with one attached hydrogen (secondary N) is 2. The van der Waals surface area contributed by atoms with Crippen molar-refractivity contribution in [2.24, 2.45) is 5.73 Å². The molecule has 0 amide bonds. The van der Waals surface area contributed by atoms with Gasteiger partial charge in [0.2, 0.25) is 0 Å². The molecular weight excluding hydrogens is 252 g/mol. The molecule has 0 radical (unpaired) electrons. The van der Waals surface area contributed by atoms with E-state index >= 15 is 0 Å². The minimum absolute atomic E-state index is 0.00542. The van der Waals surface area contributed by atoms with Crippen LogP contribution in [0.25, 0.3) is 0 Å². The van der Waals surface area contributed by atoms with Crippen LogP contribution in [0.15, 0.2) is 18.2 Å². The Labute approximate surface area is 120 Å². The average molecular weight is 276 g/mol. The maximum absolute atomic E-state index is 9.14. The molecule has 1 unspecified atom stereocenters. The summed E-state index contributed by atoms with van der Waals surface area (Å²) in [7, 11) is 2.18. The maximum Gasteiger partial charge on any atom is 0.125 e. The summed E-state index contributed by atoms with van der Waals surface area (Å²) in [5.74, 6) is -0.00542. The van der Waals surface area contributed by atoms with Gasteiger partial charge in [-0.3, -0.25) is 16.1 Å². The number of rotatable bonds is 5. The largest absolute Gasteiger partial charge is 0.384 e. The average Bonchev–Trinajstić information content (AvgIpc) is 2.45. The fraction of sp³-hybridized carbons (Fsp3) is 0.533. The van der Waals surface area contributed by atoms with Crippen LogP contribution in [-0.2, 0) is 6.42 Å². The fourth-order valence-corrected chi connectivity index (χ4v) is 3.05. The zero-order valence-corrected chi connectivity index (χ0v) is 12.0. The van der Waals surface area contributed by atoms with Gasteiger partial charge in [-0.2, -0.15) is 0 Å². The number of nitrogens with two attached hydrogens (primary N) is 1. The smallest absolute Gasteiger partial charge is 0.125 e. The van der Waals surface area contributed by atoms with Gasteiger partial charge in [-0.15, -0.1) is 0 Å². The Morgan fingerprint density at radius 3 is 2.95 bits per heavy atom. The van der Waals surface area contributed by atoms with Crippen molar-refractivity contribution in [2.45, 2.75) is 38.1 Å². The molecule has 2 rings (SSSR count). The van der Waals surface area contributed by atoms with Crippen molar-refractivity contribution < 1.29 is 5.21 Å². The Hall–Kier alpha value is -1.59. The van der Waals surface area contributed by atoms with Gasteiger partial charge in [0.1, 0.15) is 5.84 Å². The Bertz CT molecular complexity index is 475. The van der Waals surface area contributed by atoms with Crippen molar-refractivity contribution in [2.75, 3.05) is 19.1 Å². The number of likely N-dealkylation sites (tertiary alicyclic amines) is 1. The van der Waals surface area contributed by atoms with E-state index in [1.54, 1.807) is 6.07 Å². The minimum atomic E-state index is -0.00542. The number of benzene rings is 1. The number of nitrogens with zero attached hydrogens (tertiary/aromatic N) is 1. The van der Waals surface area contributed by atoms with Crippen LogP contribution >= 0.6 is 0 Å². The lowest BCUT2D eigenvalue weighted by molar-refractivity contribution is 0.176. The van der Waals surface area contributed by atoms with Gasteiger partial charge >= 0.3 is 0 Å². The Kier molecular flexibility index (Phi) is 4.98. The van der Waals surface area contributed by atoms with E-state index in [2.05, 4.69) is 17.4 Å². The summed E-state index contributed by atoms with van der Waals surface area (Å²) < 4.78 is 0. The predicted molar refractivity (Wildman–Crippen MR) is 81.5 cm³/mol. The summed E-state index contributed by atoms with van der Waals surface area (Å²) in [5.41, 5.74) is 9.93. The second kappa shape index (κ2) is 6.72. The highest BCUT2D eigenvalue weighted by atomic mass is 16.5. The van der Waals surface area contributed by atoms with Crippen molar-refractivity contribution in [3.05, 3.63) is 29.3 Å². The van der Waals surface area contributed by atoms with Crippen LogP contribution in [0.1, 0.15) is 36.8 Å². The molecule has 0 aromatic heterocycles.